The first kappa shape index (κ1) is 21.9. The molecule has 0 aliphatic heterocycles. The van der Waals surface area contributed by atoms with Gasteiger partial charge < -0.3 is 0 Å². The average molecular weight is 434 g/mol. The minimum absolute atomic E-state index is 0.726. The first-order valence-corrected chi connectivity index (χ1v) is 11.6. The topological polar surface area (TPSA) is 25.8 Å². The van der Waals surface area contributed by atoms with E-state index in [0.717, 1.165) is 33.9 Å². The molecular weight excluding hydrogens is 410 g/mol. The first-order valence-electron chi connectivity index (χ1n) is 11.6. The van der Waals surface area contributed by atoms with Crippen molar-refractivity contribution in [1.82, 2.24) is 9.97 Å². The van der Waals surface area contributed by atoms with Crippen molar-refractivity contribution in [1.29, 1.82) is 0 Å². The highest BCUT2D eigenvalue weighted by molar-refractivity contribution is 6.52. The van der Waals surface area contributed by atoms with E-state index in [1.54, 1.807) is 0 Å². The molecule has 0 bridgehead atoms. The lowest BCUT2D eigenvalue weighted by Crippen LogP contribution is -2.09. The van der Waals surface area contributed by atoms with Crippen molar-refractivity contribution in [3.8, 4) is 45.0 Å². The normalized spacial score (nSPS) is 10.6. The van der Waals surface area contributed by atoms with Crippen LogP contribution in [0, 0.1) is 0 Å². The van der Waals surface area contributed by atoms with Gasteiger partial charge in [0, 0.05) is 16.7 Å². The van der Waals surface area contributed by atoms with E-state index in [2.05, 4.69) is 118 Å². The lowest BCUT2D eigenvalue weighted by Gasteiger charge is -2.11. The number of rotatable bonds is 6. The van der Waals surface area contributed by atoms with Crippen molar-refractivity contribution in [3.63, 3.8) is 0 Å². The highest BCUT2D eigenvalue weighted by atomic mass is 14.9. The second-order valence-corrected chi connectivity index (χ2v) is 8.23. The van der Waals surface area contributed by atoms with Gasteiger partial charge in [-0.05, 0) is 17.2 Å². The molecule has 1 heterocycles. The smallest absolute Gasteiger partial charge is 0.160 e. The Labute approximate surface area is 203 Å². The predicted octanol–water partition coefficient (Wildman–Crippen LogP) is 5.90. The Morgan fingerprint density at radius 1 is 0.441 bits per heavy atom. The van der Waals surface area contributed by atoms with Crippen LogP contribution in [0.1, 0.15) is 0 Å². The summed E-state index contributed by atoms with van der Waals surface area (Å²) in [5, 5.41) is 0. The molecule has 2 radical (unpaired) electrons. The maximum Gasteiger partial charge on any atom is 0.160 e. The summed E-state index contributed by atoms with van der Waals surface area (Å²) < 4.78 is 0. The Hall–Kier alpha value is -3.91. The first-order chi connectivity index (χ1) is 16.7. The fraction of sp³-hybridized carbons (Fsp3) is 0.0667. The van der Waals surface area contributed by atoms with Crippen LogP contribution in [0.15, 0.2) is 109 Å². The van der Waals surface area contributed by atoms with Gasteiger partial charge in [0.1, 0.15) is 14.6 Å². The SMILES string of the molecule is C[B]c1ccc(-c2cc(-c3ccc([B]C)cc3)nc(-c3ccc(-c4ccccc4)cc3)n2)cc1. The molecule has 0 atom stereocenters. The number of hydrogen-bond acceptors (Lipinski definition) is 2. The zero-order chi connectivity index (χ0) is 23.3. The molecule has 0 aliphatic carbocycles. The summed E-state index contributed by atoms with van der Waals surface area (Å²) in [6.45, 7) is 4.10. The zero-order valence-electron chi connectivity index (χ0n) is 19.4. The molecule has 0 spiro atoms. The van der Waals surface area contributed by atoms with E-state index in [1.807, 2.05) is 19.7 Å². The molecule has 0 fully saturated rings. The minimum Gasteiger partial charge on any atom is -0.228 e. The van der Waals surface area contributed by atoms with Gasteiger partial charge in [0.15, 0.2) is 5.82 Å². The summed E-state index contributed by atoms with van der Waals surface area (Å²) in [6, 6.07) is 38.0. The van der Waals surface area contributed by atoms with Gasteiger partial charge in [-0.1, -0.05) is 128 Å². The number of benzene rings is 4. The van der Waals surface area contributed by atoms with E-state index >= 15 is 0 Å². The van der Waals surface area contributed by atoms with Crippen molar-refractivity contribution < 1.29 is 0 Å². The summed E-state index contributed by atoms with van der Waals surface area (Å²) in [5.41, 5.74) is 9.76. The van der Waals surface area contributed by atoms with Gasteiger partial charge in [-0.25, -0.2) is 9.97 Å². The molecule has 0 saturated carbocycles. The Morgan fingerprint density at radius 2 is 0.853 bits per heavy atom. The van der Waals surface area contributed by atoms with Gasteiger partial charge in [-0.2, -0.15) is 0 Å². The van der Waals surface area contributed by atoms with Crippen molar-refractivity contribution in [2.24, 2.45) is 0 Å². The molecule has 4 aromatic carbocycles. The van der Waals surface area contributed by atoms with Gasteiger partial charge in [0.25, 0.3) is 0 Å². The highest BCUT2D eigenvalue weighted by Crippen LogP contribution is 2.28. The van der Waals surface area contributed by atoms with Crippen LogP contribution in [0.25, 0.3) is 45.0 Å². The van der Waals surface area contributed by atoms with Crippen LogP contribution in [-0.2, 0) is 0 Å². The highest BCUT2D eigenvalue weighted by Gasteiger charge is 2.11. The van der Waals surface area contributed by atoms with Crippen molar-refractivity contribution in [2.45, 2.75) is 13.6 Å². The molecule has 0 aliphatic rings. The molecule has 34 heavy (non-hydrogen) atoms. The van der Waals surface area contributed by atoms with Gasteiger partial charge in [-0.3, -0.25) is 0 Å². The van der Waals surface area contributed by atoms with E-state index in [4.69, 9.17) is 9.97 Å². The quantitative estimate of drug-likeness (QED) is 0.311. The molecule has 5 aromatic rings. The maximum atomic E-state index is 4.96. The van der Waals surface area contributed by atoms with E-state index in [9.17, 15) is 0 Å². The van der Waals surface area contributed by atoms with Crippen LogP contribution >= 0.6 is 0 Å². The van der Waals surface area contributed by atoms with Crippen molar-refractivity contribution in [3.05, 3.63) is 109 Å². The second kappa shape index (κ2) is 9.93. The fourth-order valence-electron chi connectivity index (χ4n) is 4.01. The van der Waals surface area contributed by atoms with Crippen LogP contribution in [0.3, 0.4) is 0 Å². The van der Waals surface area contributed by atoms with Crippen LogP contribution in [0.4, 0.5) is 0 Å². The summed E-state index contributed by atoms with van der Waals surface area (Å²) in [4.78, 5) is 9.93. The Bertz CT molecular complexity index is 1310. The van der Waals surface area contributed by atoms with Gasteiger partial charge in [0.05, 0.1) is 11.4 Å². The molecule has 1 aromatic heterocycles. The lowest BCUT2D eigenvalue weighted by molar-refractivity contribution is 1.18. The Kier molecular flexibility index (Phi) is 6.40. The largest absolute Gasteiger partial charge is 0.228 e. The van der Waals surface area contributed by atoms with Crippen molar-refractivity contribution >= 4 is 25.5 Å². The lowest BCUT2D eigenvalue weighted by atomic mass is 9.73. The minimum atomic E-state index is 0.726. The molecule has 0 N–H and O–H groups in total. The molecule has 0 amide bonds. The van der Waals surface area contributed by atoms with Crippen LogP contribution in [-0.4, -0.2) is 24.5 Å². The molecule has 4 heteroatoms. The predicted molar refractivity (Wildman–Crippen MR) is 146 cm³/mol. The van der Waals surface area contributed by atoms with E-state index in [-0.39, 0.29) is 0 Å². The number of hydrogen-bond donors (Lipinski definition) is 0. The van der Waals surface area contributed by atoms with Gasteiger partial charge in [0.2, 0.25) is 0 Å². The second-order valence-electron chi connectivity index (χ2n) is 8.23. The number of nitrogens with zero attached hydrogens (tertiary/aromatic N) is 2. The third-order valence-electron chi connectivity index (χ3n) is 6.06. The van der Waals surface area contributed by atoms with Gasteiger partial charge >= 0.3 is 0 Å². The fourth-order valence-corrected chi connectivity index (χ4v) is 4.01. The third-order valence-corrected chi connectivity index (χ3v) is 6.06. The Morgan fingerprint density at radius 3 is 1.32 bits per heavy atom. The molecular formula is C30H24B2N2. The van der Waals surface area contributed by atoms with Crippen LogP contribution in [0.2, 0.25) is 13.6 Å². The maximum absolute atomic E-state index is 4.96. The van der Waals surface area contributed by atoms with Crippen molar-refractivity contribution in [2.75, 3.05) is 0 Å². The van der Waals surface area contributed by atoms with Gasteiger partial charge in [-0.15, -0.1) is 0 Å². The van der Waals surface area contributed by atoms with Crippen LogP contribution < -0.4 is 10.9 Å². The summed E-state index contributed by atoms with van der Waals surface area (Å²) in [7, 11) is 4.20. The van der Waals surface area contributed by atoms with Crippen LogP contribution in [0.5, 0.6) is 0 Å². The van der Waals surface area contributed by atoms with E-state index < -0.39 is 0 Å². The average Bonchev–Trinajstić information content (AvgIpc) is 2.93. The summed E-state index contributed by atoms with van der Waals surface area (Å²) >= 11 is 0. The third kappa shape index (κ3) is 4.72. The zero-order valence-corrected chi connectivity index (χ0v) is 19.4. The molecule has 0 saturated heterocycles. The molecule has 2 nitrogen and oxygen atoms in total. The van der Waals surface area contributed by atoms with E-state index in [0.29, 0.717) is 0 Å². The standard InChI is InChI=1S/C30H24B2N2/c1-31-26-16-12-23(13-17-26)28-20-29(24-14-18-27(32-2)19-15-24)34-30(33-28)25-10-8-22(9-11-25)21-6-4-3-5-7-21/h3-20H,1-2H3. The summed E-state index contributed by atoms with van der Waals surface area (Å²) in [5.74, 6) is 0.726. The van der Waals surface area contributed by atoms with E-state index in [1.165, 1.54) is 22.1 Å². The molecule has 160 valence electrons. The monoisotopic (exact) mass is 434 g/mol. The molecule has 5 rings (SSSR count). The number of aromatic nitrogens is 2. The molecule has 0 unspecified atom stereocenters. The summed E-state index contributed by atoms with van der Waals surface area (Å²) in [6.07, 6.45) is 0. The Balaban J connectivity index is 1.59.